The molecular weight excluding hydrogens is 210 g/mol. The van der Waals surface area contributed by atoms with E-state index in [0.29, 0.717) is 0 Å². The molecule has 15 heavy (non-hydrogen) atoms. The first kappa shape index (κ1) is 12.3. The summed E-state index contributed by atoms with van der Waals surface area (Å²) in [7, 11) is 1.67. The lowest BCUT2D eigenvalue weighted by atomic mass is 10.1. The summed E-state index contributed by atoms with van der Waals surface area (Å²) in [6.07, 6.45) is 3.15. The maximum atomic E-state index is 6.11. The lowest BCUT2D eigenvalue weighted by Crippen LogP contribution is -1.99. The zero-order valence-corrected chi connectivity index (χ0v) is 10.1. The minimum Gasteiger partial charge on any atom is -0.496 e. The predicted molar refractivity (Wildman–Crippen MR) is 64.7 cm³/mol. The van der Waals surface area contributed by atoms with Crippen molar-refractivity contribution in [2.24, 2.45) is 5.73 Å². The number of benzene rings is 1. The minimum atomic E-state index is 0.747. The highest BCUT2D eigenvalue weighted by Crippen LogP contribution is 2.28. The molecule has 1 aromatic carbocycles. The van der Waals surface area contributed by atoms with Crippen LogP contribution >= 0.6 is 11.6 Å². The average molecular weight is 228 g/mol. The molecule has 84 valence electrons. The molecule has 2 nitrogen and oxygen atoms in total. The maximum Gasteiger partial charge on any atom is 0.123 e. The molecule has 0 saturated heterocycles. The van der Waals surface area contributed by atoms with Crippen LogP contribution in [0.1, 0.15) is 24.0 Å². The van der Waals surface area contributed by atoms with Crippen LogP contribution in [0.25, 0.3) is 0 Å². The van der Waals surface area contributed by atoms with Crippen molar-refractivity contribution in [2.75, 3.05) is 13.7 Å². The van der Waals surface area contributed by atoms with E-state index < -0.39 is 0 Å². The first-order valence-electron chi connectivity index (χ1n) is 5.22. The fraction of sp³-hybridized carbons (Fsp3) is 0.500. The highest BCUT2D eigenvalue weighted by Gasteiger charge is 2.05. The van der Waals surface area contributed by atoms with Gasteiger partial charge in [-0.05, 0) is 50.4 Å². The molecule has 1 rings (SSSR count). The van der Waals surface area contributed by atoms with Gasteiger partial charge in [-0.1, -0.05) is 11.6 Å². The van der Waals surface area contributed by atoms with E-state index in [1.54, 1.807) is 7.11 Å². The zero-order chi connectivity index (χ0) is 11.3. The van der Waals surface area contributed by atoms with Crippen LogP contribution in [-0.4, -0.2) is 13.7 Å². The third kappa shape index (κ3) is 3.40. The van der Waals surface area contributed by atoms with E-state index in [1.165, 1.54) is 5.56 Å². The van der Waals surface area contributed by atoms with Crippen LogP contribution in [-0.2, 0) is 6.42 Å². The molecule has 1 aromatic rings. The molecule has 0 heterocycles. The number of nitrogens with two attached hydrogens (primary N) is 1. The molecule has 0 aliphatic carbocycles. The molecule has 0 bridgehead atoms. The number of hydrogen-bond acceptors (Lipinski definition) is 2. The van der Waals surface area contributed by atoms with E-state index in [4.69, 9.17) is 22.1 Å². The van der Waals surface area contributed by atoms with Gasteiger partial charge in [0.15, 0.2) is 0 Å². The van der Waals surface area contributed by atoms with E-state index in [-0.39, 0.29) is 0 Å². The molecule has 0 unspecified atom stereocenters. The normalized spacial score (nSPS) is 10.4. The van der Waals surface area contributed by atoms with Crippen molar-refractivity contribution in [3.63, 3.8) is 0 Å². The molecule has 0 aliphatic heterocycles. The predicted octanol–water partition coefficient (Wildman–Crippen LogP) is 2.94. The van der Waals surface area contributed by atoms with E-state index in [1.807, 2.05) is 13.0 Å². The quantitative estimate of drug-likeness (QED) is 0.785. The smallest absolute Gasteiger partial charge is 0.123 e. The Balaban J connectivity index is 2.77. The second-order valence-electron chi connectivity index (χ2n) is 3.65. The van der Waals surface area contributed by atoms with Gasteiger partial charge >= 0.3 is 0 Å². The van der Waals surface area contributed by atoms with Gasteiger partial charge in [0.25, 0.3) is 0 Å². The fourth-order valence-corrected chi connectivity index (χ4v) is 1.77. The fourth-order valence-electron chi connectivity index (χ4n) is 1.54. The Morgan fingerprint density at radius 2 is 2.07 bits per heavy atom. The van der Waals surface area contributed by atoms with Crippen molar-refractivity contribution in [1.29, 1.82) is 0 Å². The van der Waals surface area contributed by atoms with Crippen molar-refractivity contribution in [3.05, 3.63) is 28.3 Å². The third-order valence-corrected chi connectivity index (χ3v) is 2.89. The number of methoxy groups -OCH3 is 1. The maximum absolute atomic E-state index is 6.11. The number of ether oxygens (including phenoxy) is 1. The minimum absolute atomic E-state index is 0.747. The molecule has 0 fully saturated rings. The zero-order valence-electron chi connectivity index (χ0n) is 9.35. The molecule has 0 amide bonds. The first-order valence-corrected chi connectivity index (χ1v) is 5.60. The van der Waals surface area contributed by atoms with Crippen LogP contribution in [0.3, 0.4) is 0 Å². The van der Waals surface area contributed by atoms with E-state index in [0.717, 1.165) is 42.1 Å². The van der Waals surface area contributed by atoms with Gasteiger partial charge in [0, 0.05) is 10.6 Å². The van der Waals surface area contributed by atoms with Crippen LogP contribution < -0.4 is 10.5 Å². The Bertz CT molecular complexity index is 326. The largest absolute Gasteiger partial charge is 0.496 e. The molecule has 3 heteroatoms. The number of unbranched alkanes of at least 4 members (excludes halogenated alkanes) is 1. The summed E-state index contributed by atoms with van der Waals surface area (Å²) in [6.45, 7) is 2.71. The molecule has 0 radical (unpaired) electrons. The van der Waals surface area contributed by atoms with Gasteiger partial charge in [0.2, 0.25) is 0 Å². The Hall–Kier alpha value is -0.730. The third-order valence-electron chi connectivity index (χ3n) is 2.50. The number of aryl methyl sites for hydroxylation is 1. The molecule has 0 saturated carbocycles. The molecular formula is C12H18ClNO. The van der Waals surface area contributed by atoms with Crippen LogP contribution in [0.4, 0.5) is 0 Å². The first-order chi connectivity index (χ1) is 7.19. The van der Waals surface area contributed by atoms with Crippen LogP contribution in [0, 0.1) is 6.92 Å². The van der Waals surface area contributed by atoms with Crippen molar-refractivity contribution in [3.8, 4) is 5.75 Å². The van der Waals surface area contributed by atoms with Gasteiger partial charge in [0.05, 0.1) is 7.11 Å². The molecule has 2 N–H and O–H groups in total. The van der Waals surface area contributed by atoms with Gasteiger partial charge in [-0.2, -0.15) is 0 Å². The number of hydrogen-bond donors (Lipinski definition) is 1. The summed E-state index contributed by atoms with van der Waals surface area (Å²) in [5.41, 5.74) is 7.67. The van der Waals surface area contributed by atoms with Crippen molar-refractivity contribution < 1.29 is 4.74 Å². The van der Waals surface area contributed by atoms with Gasteiger partial charge < -0.3 is 10.5 Å². The topological polar surface area (TPSA) is 35.2 Å². The second-order valence-corrected chi connectivity index (χ2v) is 4.06. The monoisotopic (exact) mass is 227 g/mol. The highest BCUT2D eigenvalue weighted by molar-refractivity contribution is 6.31. The van der Waals surface area contributed by atoms with Crippen molar-refractivity contribution >= 4 is 11.6 Å². The van der Waals surface area contributed by atoms with Gasteiger partial charge in [0.1, 0.15) is 5.75 Å². The molecule has 0 spiro atoms. The summed E-state index contributed by atoms with van der Waals surface area (Å²) < 4.78 is 5.26. The van der Waals surface area contributed by atoms with E-state index in [9.17, 15) is 0 Å². The Kier molecular flexibility index (Phi) is 4.92. The lowest BCUT2D eigenvalue weighted by molar-refractivity contribution is 0.411. The van der Waals surface area contributed by atoms with Crippen molar-refractivity contribution in [1.82, 2.24) is 0 Å². The molecule has 0 aliphatic rings. The van der Waals surface area contributed by atoms with E-state index in [2.05, 4.69) is 6.07 Å². The van der Waals surface area contributed by atoms with Crippen molar-refractivity contribution in [2.45, 2.75) is 26.2 Å². The average Bonchev–Trinajstić information content (AvgIpc) is 2.23. The van der Waals surface area contributed by atoms with Gasteiger partial charge in [-0.25, -0.2) is 0 Å². The Labute approximate surface area is 96.4 Å². The summed E-state index contributed by atoms with van der Waals surface area (Å²) in [5, 5.41) is 0.775. The Morgan fingerprint density at radius 1 is 1.33 bits per heavy atom. The number of halogens is 1. The molecule has 0 atom stereocenters. The highest BCUT2D eigenvalue weighted by atomic mass is 35.5. The van der Waals surface area contributed by atoms with Gasteiger partial charge in [-0.3, -0.25) is 0 Å². The SMILES string of the molecule is COc1cc(CCCCN)cc(Cl)c1C. The van der Waals surface area contributed by atoms with Gasteiger partial charge in [-0.15, -0.1) is 0 Å². The van der Waals surface area contributed by atoms with Crippen LogP contribution in [0.15, 0.2) is 12.1 Å². The van der Waals surface area contributed by atoms with Crippen LogP contribution in [0.5, 0.6) is 5.75 Å². The molecule has 0 aromatic heterocycles. The van der Waals surface area contributed by atoms with Crippen LogP contribution in [0.2, 0.25) is 5.02 Å². The summed E-state index contributed by atoms with van der Waals surface area (Å²) >= 11 is 6.11. The lowest BCUT2D eigenvalue weighted by Gasteiger charge is -2.09. The second kappa shape index (κ2) is 5.99. The summed E-state index contributed by atoms with van der Waals surface area (Å²) in [4.78, 5) is 0. The van der Waals surface area contributed by atoms with E-state index >= 15 is 0 Å². The standard InChI is InChI=1S/C12H18ClNO/c1-9-11(13)7-10(5-3-4-6-14)8-12(9)15-2/h7-8H,3-6,14H2,1-2H3. The Morgan fingerprint density at radius 3 is 2.67 bits per heavy atom. The summed E-state index contributed by atoms with van der Waals surface area (Å²) in [6, 6.07) is 4.06. The summed E-state index contributed by atoms with van der Waals surface area (Å²) in [5.74, 6) is 0.866. The number of rotatable bonds is 5.